The van der Waals surface area contributed by atoms with E-state index in [2.05, 4.69) is 5.32 Å². The van der Waals surface area contributed by atoms with Gasteiger partial charge >= 0.3 is 0 Å². The Labute approximate surface area is 140 Å². The zero-order chi connectivity index (χ0) is 16.9. The summed E-state index contributed by atoms with van der Waals surface area (Å²) in [5.74, 6) is 1.30. The van der Waals surface area contributed by atoms with Crippen LogP contribution in [0.1, 0.15) is 27.9 Å². The van der Waals surface area contributed by atoms with Crippen molar-refractivity contribution >= 4 is 11.7 Å². The van der Waals surface area contributed by atoms with E-state index in [0.717, 1.165) is 16.9 Å². The fourth-order valence-electron chi connectivity index (χ4n) is 2.77. The highest BCUT2D eigenvalue weighted by Crippen LogP contribution is 2.30. The maximum Gasteiger partial charge on any atom is 0.258 e. The highest BCUT2D eigenvalue weighted by molar-refractivity contribution is 6.01. The molecule has 0 aromatic heterocycles. The van der Waals surface area contributed by atoms with Gasteiger partial charge in [-0.2, -0.15) is 0 Å². The van der Waals surface area contributed by atoms with Crippen LogP contribution in [-0.2, 0) is 17.8 Å². The molecule has 1 N–H and O–H groups in total. The molecule has 0 saturated heterocycles. The van der Waals surface area contributed by atoms with Crippen LogP contribution in [0.15, 0.2) is 42.5 Å². The highest BCUT2D eigenvalue weighted by atomic mass is 16.5. The number of carbonyl (C=O) groups excluding carboxylic acids is 2. The van der Waals surface area contributed by atoms with Crippen molar-refractivity contribution in [3.8, 4) is 11.5 Å². The van der Waals surface area contributed by atoms with Crippen LogP contribution in [0.5, 0.6) is 11.5 Å². The molecule has 24 heavy (non-hydrogen) atoms. The second-order valence-corrected chi connectivity index (χ2v) is 5.62. The third-order valence-electron chi connectivity index (χ3n) is 4.02. The first-order valence-electron chi connectivity index (χ1n) is 7.85. The minimum Gasteiger partial charge on any atom is -0.497 e. The zero-order valence-electron chi connectivity index (χ0n) is 13.5. The number of amides is 1. The minimum absolute atomic E-state index is 0.0748. The predicted octanol–water partition coefficient (Wildman–Crippen LogP) is 2.52. The summed E-state index contributed by atoms with van der Waals surface area (Å²) in [7, 11) is 1.61. The Morgan fingerprint density at radius 2 is 2.00 bits per heavy atom. The van der Waals surface area contributed by atoms with E-state index in [0.29, 0.717) is 30.7 Å². The number of ether oxygens (including phenoxy) is 2. The average Bonchev–Trinajstić information content (AvgIpc) is 3.00. The number of carbonyl (C=O) groups is 2. The summed E-state index contributed by atoms with van der Waals surface area (Å²) in [4.78, 5) is 23.7. The number of fused-ring (bicyclic) bond motifs is 1. The van der Waals surface area contributed by atoms with Gasteiger partial charge in [0.1, 0.15) is 11.5 Å². The molecule has 5 nitrogen and oxygen atoms in total. The first kappa shape index (κ1) is 16.1. The van der Waals surface area contributed by atoms with Crippen LogP contribution in [0.4, 0.5) is 0 Å². The van der Waals surface area contributed by atoms with Crippen LogP contribution in [0.2, 0.25) is 0 Å². The van der Waals surface area contributed by atoms with Crippen molar-refractivity contribution < 1.29 is 19.1 Å². The maximum atomic E-state index is 12.0. The lowest BCUT2D eigenvalue weighted by Gasteiger charge is -2.11. The fraction of sp³-hybridized carbons (Fsp3) is 0.263. The molecular formula is C19H19NO4. The van der Waals surface area contributed by atoms with E-state index in [4.69, 9.17) is 9.47 Å². The molecule has 0 bridgehead atoms. The Morgan fingerprint density at radius 1 is 1.17 bits per heavy atom. The molecule has 0 atom stereocenters. The van der Waals surface area contributed by atoms with Crippen molar-refractivity contribution in [1.29, 1.82) is 0 Å². The van der Waals surface area contributed by atoms with Gasteiger partial charge in [0.2, 0.25) is 0 Å². The number of methoxy groups -OCH3 is 1. The normalized spacial score (nSPS) is 12.6. The third-order valence-corrected chi connectivity index (χ3v) is 4.02. The molecule has 1 amide bonds. The number of Topliss-reactive ketones (excluding diaryl/α,β-unsaturated/α-hetero) is 1. The summed E-state index contributed by atoms with van der Waals surface area (Å²) in [6.07, 6.45) is 1.19. The van der Waals surface area contributed by atoms with Gasteiger partial charge in [-0.25, -0.2) is 0 Å². The monoisotopic (exact) mass is 325 g/mol. The molecule has 5 heteroatoms. The summed E-state index contributed by atoms with van der Waals surface area (Å²) < 4.78 is 10.8. The van der Waals surface area contributed by atoms with Crippen molar-refractivity contribution in [1.82, 2.24) is 5.32 Å². The molecule has 2 aromatic rings. The first-order valence-corrected chi connectivity index (χ1v) is 7.85. The molecule has 1 aliphatic rings. The lowest BCUT2D eigenvalue weighted by atomic mass is 10.1. The van der Waals surface area contributed by atoms with Crippen molar-refractivity contribution in [3.63, 3.8) is 0 Å². The van der Waals surface area contributed by atoms with Gasteiger partial charge in [0.15, 0.2) is 12.4 Å². The van der Waals surface area contributed by atoms with Crippen LogP contribution in [0.25, 0.3) is 0 Å². The summed E-state index contributed by atoms with van der Waals surface area (Å²) in [6, 6.07) is 12.9. The van der Waals surface area contributed by atoms with Gasteiger partial charge < -0.3 is 14.8 Å². The van der Waals surface area contributed by atoms with Gasteiger partial charge in [0, 0.05) is 24.1 Å². The molecule has 3 rings (SSSR count). The minimum atomic E-state index is -0.209. The van der Waals surface area contributed by atoms with Gasteiger partial charge in [0.05, 0.1) is 7.11 Å². The van der Waals surface area contributed by atoms with Crippen molar-refractivity contribution in [2.45, 2.75) is 19.4 Å². The van der Waals surface area contributed by atoms with E-state index in [-0.39, 0.29) is 18.3 Å². The average molecular weight is 325 g/mol. The van der Waals surface area contributed by atoms with E-state index >= 15 is 0 Å². The van der Waals surface area contributed by atoms with E-state index in [9.17, 15) is 9.59 Å². The lowest BCUT2D eigenvalue weighted by molar-refractivity contribution is -0.123. The van der Waals surface area contributed by atoms with Crippen molar-refractivity contribution in [2.24, 2.45) is 0 Å². The molecule has 0 unspecified atom stereocenters. The summed E-state index contributed by atoms with van der Waals surface area (Å²) in [6.45, 7) is 0.333. The Kier molecular flexibility index (Phi) is 4.79. The molecule has 1 aliphatic carbocycles. The lowest BCUT2D eigenvalue weighted by Crippen LogP contribution is -2.28. The van der Waals surface area contributed by atoms with Crippen LogP contribution in [0.3, 0.4) is 0 Å². The van der Waals surface area contributed by atoms with E-state index in [1.54, 1.807) is 25.3 Å². The number of ketones is 1. The Morgan fingerprint density at radius 3 is 2.83 bits per heavy atom. The van der Waals surface area contributed by atoms with Gasteiger partial charge in [-0.05, 0) is 30.2 Å². The third kappa shape index (κ3) is 3.56. The maximum absolute atomic E-state index is 12.0. The van der Waals surface area contributed by atoms with Gasteiger partial charge in [0.25, 0.3) is 5.91 Å². The number of hydrogen-bond donors (Lipinski definition) is 1. The van der Waals surface area contributed by atoms with Crippen molar-refractivity contribution in [2.75, 3.05) is 13.7 Å². The predicted molar refractivity (Wildman–Crippen MR) is 89.4 cm³/mol. The summed E-state index contributed by atoms with van der Waals surface area (Å²) >= 11 is 0. The van der Waals surface area contributed by atoms with E-state index in [1.807, 2.05) is 24.3 Å². The van der Waals surface area contributed by atoms with Gasteiger partial charge in [-0.15, -0.1) is 0 Å². The molecule has 0 spiro atoms. The molecule has 0 radical (unpaired) electrons. The van der Waals surface area contributed by atoms with Crippen molar-refractivity contribution in [3.05, 3.63) is 59.2 Å². The molecule has 2 aromatic carbocycles. The number of nitrogens with one attached hydrogen (secondary N) is 1. The standard InChI is InChI=1S/C19H19NO4/c1-23-14-5-2-4-13(10-14)11-20-19(22)12-24-18-7-3-6-15-16(18)8-9-17(15)21/h2-7,10H,8-9,11-12H2,1H3,(H,20,22). The highest BCUT2D eigenvalue weighted by Gasteiger charge is 2.22. The second kappa shape index (κ2) is 7.17. The van der Waals surface area contributed by atoms with Crippen LogP contribution in [0, 0.1) is 0 Å². The smallest absolute Gasteiger partial charge is 0.258 e. The molecule has 124 valence electrons. The Hall–Kier alpha value is -2.82. The molecular weight excluding hydrogens is 306 g/mol. The number of hydrogen-bond acceptors (Lipinski definition) is 4. The Balaban J connectivity index is 1.54. The molecule has 0 heterocycles. The van der Waals surface area contributed by atoms with E-state index in [1.165, 1.54) is 0 Å². The second-order valence-electron chi connectivity index (χ2n) is 5.62. The number of benzene rings is 2. The van der Waals surface area contributed by atoms with Gasteiger partial charge in [-0.1, -0.05) is 24.3 Å². The SMILES string of the molecule is COc1cccc(CNC(=O)COc2cccc3c2CCC3=O)c1. The summed E-state index contributed by atoms with van der Waals surface area (Å²) in [5, 5.41) is 2.81. The molecule has 0 aliphatic heterocycles. The summed E-state index contributed by atoms with van der Waals surface area (Å²) in [5.41, 5.74) is 2.57. The fourth-order valence-corrected chi connectivity index (χ4v) is 2.77. The van der Waals surface area contributed by atoms with Crippen LogP contribution < -0.4 is 14.8 Å². The van der Waals surface area contributed by atoms with Crippen LogP contribution >= 0.6 is 0 Å². The Bertz CT molecular complexity index is 770. The largest absolute Gasteiger partial charge is 0.497 e. The quantitative estimate of drug-likeness (QED) is 0.886. The zero-order valence-corrected chi connectivity index (χ0v) is 13.5. The van der Waals surface area contributed by atoms with E-state index < -0.39 is 0 Å². The topological polar surface area (TPSA) is 64.6 Å². The molecule has 0 fully saturated rings. The molecule has 0 saturated carbocycles. The first-order chi connectivity index (χ1) is 11.7. The van der Waals surface area contributed by atoms with Crippen LogP contribution in [-0.4, -0.2) is 25.4 Å². The number of rotatable bonds is 6. The van der Waals surface area contributed by atoms with Gasteiger partial charge in [-0.3, -0.25) is 9.59 Å².